The number of allylic oxidation sites excluding steroid dienone is 2. The average molecular weight is 340 g/mol. The van der Waals surface area contributed by atoms with Crippen molar-refractivity contribution < 1.29 is 19.1 Å². The Morgan fingerprint density at radius 1 is 1.29 bits per heavy atom. The molecule has 1 aliphatic rings. The van der Waals surface area contributed by atoms with Gasteiger partial charge in [0, 0.05) is 0 Å². The number of nitrogens with zero attached hydrogens (tertiary/aromatic N) is 1. The van der Waals surface area contributed by atoms with E-state index in [0.29, 0.717) is 21.5 Å². The maximum atomic E-state index is 11.9. The molecular weight excluding hydrogens is 328 g/mol. The van der Waals surface area contributed by atoms with E-state index in [4.69, 9.17) is 9.52 Å². The molecule has 0 spiro atoms. The Morgan fingerprint density at radius 2 is 2.17 bits per heavy atom. The fourth-order valence-corrected chi connectivity index (χ4v) is 2.73. The number of carbonyl (C=O) groups is 2. The van der Waals surface area contributed by atoms with E-state index in [1.54, 1.807) is 48.8 Å². The van der Waals surface area contributed by atoms with E-state index in [1.807, 2.05) is 0 Å². The van der Waals surface area contributed by atoms with Gasteiger partial charge in [0.2, 0.25) is 0 Å². The molecule has 0 radical (unpaired) electrons. The summed E-state index contributed by atoms with van der Waals surface area (Å²) in [6.07, 6.45) is 6.69. The summed E-state index contributed by atoms with van der Waals surface area (Å²) in [5.74, 6) is -0.587. The molecule has 1 aliphatic heterocycles. The van der Waals surface area contributed by atoms with E-state index < -0.39 is 5.97 Å². The second kappa shape index (κ2) is 7.01. The lowest BCUT2D eigenvalue weighted by Crippen LogP contribution is -2.19. The molecule has 0 saturated carbocycles. The van der Waals surface area contributed by atoms with Crippen LogP contribution in [0, 0.1) is 0 Å². The van der Waals surface area contributed by atoms with Crippen LogP contribution in [0.15, 0.2) is 69.1 Å². The first-order chi connectivity index (χ1) is 11.6. The number of carboxylic acids is 1. The van der Waals surface area contributed by atoms with Crippen molar-refractivity contribution in [2.45, 2.75) is 0 Å². The Morgan fingerprint density at radius 3 is 2.92 bits per heavy atom. The third-order valence-electron chi connectivity index (χ3n) is 3.03. The molecule has 3 rings (SSSR count). The number of carbonyl (C=O) groups excluding carboxylic acids is 1. The molecule has 1 aromatic carbocycles. The minimum atomic E-state index is -1.02. The van der Waals surface area contributed by atoms with Crippen molar-refractivity contribution in [1.29, 1.82) is 0 Å². The van der Waals surface area contributed by atoms with Gasteiger partial charge in [0.05, 0.1) is 22.4 Å². The van der Waals surface area contributed by atoms with Crippen molar-refractivity contribution in [3.05, 3.63) is 71.0 Å². The molecule has 0 bridgehead atoms. The number of aromatic carboxylic acids is 1. The van der Waals surface area contributed by atoms with Crippen LogP contribution < -0.4 is 5.32 Å². The molecule has 24 heavy (non-hydrogen) atoms. The highest BCUT2D eigenvalue weighted by Crippen LogP contribution is 2.26. The number of amidine groups is 1. The minimum absolute atomic E-state index is 0.142. The third kappa shape index (κ3) is 3.82. The summed E-state index contributed by atoms with van der Waals surface area (Å²) in [7, 11) is 0. The van der Waals surface area contributed by atoms with Crippen LogP contribution in [0.5, 0.6) is 0 Å². The number of carboxylic acid groups (broad SMARTS) is 1. The van der Waals surface area contributed by atoms with E-state index in [0.717, 1.165) is 0 Å². The van der Waals surface area contributed by atoms with Gasteiger partial charge in [-0.05, 0) is 54.2 Å². The lowest BCUT2D eigenvalue weighted by atomic mass is 10.2. The van der Waals surface area contributed by atoms with Gasteiger partial charge in [-0.1, -0.05) is 12.1 Å². The number of hydrogen-bond donors (Lipinski definition) is 2. The van der Waals surface area contributed by atoms with Gasteiger partial charge < -0.3 is 14.8 Å². The number of amides is 1. The van der Waals surface area contributed by atoms with Crippen LogP contribution in [0.3, 0.4) is 0 Å². The van der Waals surface area contributed by atoms with E-state index in [-0.39, 0.29) is 11.5 Å². The Labute approximate surface area is 141 Å². The van der Waals surface area contributed by atoms with Gasteiger partial charge >= 0.3 is 5.97 Å². The van der Waals surface area contributed by atoms with Crippen LogP contribution in [-0.2, 0) is 4.79 Å². The molecule has 1 aromatic heterocycles. The van der Waals surface area contributed by atoms with Crippen molar-refractivity contribution in [3.8, 4) is 0 Å². The average Bonchev–Trinajstić information content (AvgIpc) is 3.18. The molecule has 0 aliphatic carbocycles. The maximum absolute atomic E-state index is 11.9. The lowest BCUT2D eigenvalue weighted by molar-refractivity contribution is -0.115. The van der Waals surface area contributed by atoms with Crippen molar-refractivity contribution in [2.75, 3.05) is 0 Å². The SMILES string of the molecule is O=C1NC(=Nc2cccc(C(=O)O)c2)S/C1=C\C=C\c1ccco1. The van der Waals surface area contributed by atoms with Gasteiger partial charge in [-0.2, -0.15) is 0 Å². The van der Waals surface area contributed by atoms with Crippen LogP contribution >= 0.6 is 11.8 Å². The highest BCUT2D eigenvalue weighted by molar-refractivity contribution is 8.18. The fourth-order valence-electron chi connectivity index (χ4n) is 1.94. The summed E-state index contributed by atoms with van der Waals surface area (Å²) in [6.45, 7) is 0. The number of furan rings is 1. The normalized spacial score (nSPS) is 17.8. The monoisotopic (exact) mass is 340 g/mol. The summed E-state index contributed by atoms with van der Waals surface area (Å²) >= 11 is 1.19. The van der Waals surface area contributed by atoms with Crippen LogP contribution in [0.2, 0.25) is 0 Å². The molecule has 7 heteroatoms. The maximum Gasteiger partial charge on any atom is 0.335 e. The third-order valence-corrected chi connectivity index (χ3v) is 3.95. The number of thioether (sulfide) groups is 1. The number of nitrogens with one attached hydrogen (secondary N) is 1. The Hall–Kier alpha value is -3.06. The first kappa shape index (κ1) is 15.8. The van der Waals surface area contributed by atoms with Gasteiger partial charge in [0.25, 0.3) is 5.91 Å². The first-order valence-corrected chi connectivity index (χ1v) is 7.76. The summed E-state index contributed by atoms with van der Waals surface area (Å²) < 4.78 is 5.16. The zero-order valence-electron chi connectivity index (χ0n) is 12.3. The Balaban J connectivity index is 1.74. The molecular formula is C17H12N2O4S. The highest BCUT2D eigenvalue weighted by Gasteiger charge is 2.23. The van der Waals surface area contributed by atoms with E-state index in [1.165, 1.54) is 23.9 Å². The molecule has 6 nitrogen and oxygen atoms in total. The van der Waals surface area contributed by atoms with Crippen molar-refractivity contribution in [3.63, 3.8) is 0 Å². The molecule has 2 heterocycles. The molecule has 0 unspecified atom stereocenters. The zero-order valence-corrected chi connectivity index (χ0v) is 13.1. The number of hydrogen-bond acceptors (Lipinski definition) is 5. The topological polar surface area (TPSA) is 91.9 Å². The summed E-state index contributed by atoms with van der Waals surface area (Å²) in [6, 6.07) is 9.79. The van der Waals surface area contributed by atoms with Crippen molar-refractivity contribution in [1.82, 2.24) is 5.32 Å². The Bertz CT molecular complexity index is 866. The van der Waals surface area contributed by atoms with E-state index in [2.05, 4.69) is 10.3 Å². The van der Waals surface area contributed by atoms with Gasteiger partial charge in [-0.3, -0.25) is 4.79 Å². The molecule has 2 N–H and O–H groups in total. The fraction of sp³-hybridized carbons (Fsp3) is 0. The summed E-state index contributed by atoms with van der Waals surface area (Å²) in [5, 5.41) is 12.0. The largest absolute Gasteiger partial charge is 0.478 e. The van der Waals surface area contributed by atoms with Crippen LogP contribution in [0.4, 0.5) is 5.69 Å². The molecule has 1 amide bonds. The Kier molecular flexibility index (Phi) is 4.62. The summed E-state index contributed by atoms with van der Waals surface area (Å²) in [5.41, 5.74) is 0.605. The highest BCUT2D eigenvalue weighted by atomic mass is 32.2. The summed E-state index contributed by atoms with van der Waals surface area (Å²) in [4.78, 5) is 27.6. The number of aliphatic imine (C=N–C) groups is 1. The van der Waals surface area contributed by atoms with Crippen molar-refractivity contribution in [2.24, 2.45) is 4.99 Å². The molecule has 1 saturated heterocycles. The van der Waals surface area contributed by atoms with Crippen LogP contribution in [0.1, 0.15) is 16.1 Å². The quantitative estimate of drug-likeness (QED) is 0.832. The van der Waals surface area contributed by atoms with Crippen LogP contribution in [0.25, 0.3) is 6.08 Å². The lowest BCUT2D eigenvalue weighted by Gasteiger charge is -1.98. The predicted octanol–water partition coefficient (Wildman–Crippen LogP) is 3.43. The second-order valence-corrected chi connectivity index (χ2v) is 5.76. The predicted molar refractivity (Wildman–Crippen MR) is 92.1 cm³/mol. The van der Waals surface area contributed by atoms with Crippen LogP contribution in [-0.4, -0.2) is 22.2 Å². The molecule has 120 valence electrons. The van der Waals surface area contributed by atoms with Gasteiger partial charge in [0.1, 0.15) is 5.76 Å². The molecule has 1 fully saturated rings. The molecule has 0 atom stereocenters. The van der Waals surface area contributed by atoms with Gasteiger partial charge in [0.15, 0.2) is 5.17 Å². The second-order valence-electron chi connectivity index (χ2n) is 4.73. The van der Waals surface area contributed by atoms with E-state index in [9.17, 15) is 9.59 Å². The molecule has 2 aromatic rings. The number of rotatable bonds is 4. The standard InChI is InChI=1S/C17H12N2O4S/c20-15-14(8-2-6-13-7-3-9-23-13)24-17(19-15)18-12-5-1-4-11(10-12)16(21)22/h1-10H,(H,21,22)(H,18,19,20)/b6-2+,14-8-. The first-order valence-electron chi connectivity index (χ1n) is 6.95. The van der Waals surface area contributed by atoms with E-state index >= 15 is 0 Å². The number of benzene rings is 1. The zero-order chi connectivity index (χ0) is 16.9. The van der Waals surface area contributed by atoms with Crippen molar-refractivity contribution >= 4 is 40.6 Å². The van der Waals surface area contributed by atoms with Gasteiger partial charge in [-0.25, -0.2) is 9.79 Å². The minimum Gasteiger partial charge on any atom is -0.478 e. The smallest absolute Gasteiger partial charge is 0.335 e. The van der Waals surface area contributed by atoms with Gasteiger partial charge in [-0.15, -0.1) is 0 Å².